The van der Waals surface area contributed by atoms with Gasteiger partial charge in [-0.3, -0.25) is 0 Å². The SMILES string of the molecule is [Cl-].c1ccc(C(CC[NH2+]C2CCCCc3ccccc32)c2ccccc2)cc1. The summed E-state index contributed by atoms with van der Waals surface area (Å²) in [5.74, 6) is 0.477. The molecular weight excluding hydrogens is 362 g/mol. The van der Waals surface area contributed by atoms with Gasteiger partial charge < -0.3 is 17.7 Å². The maximum absolute atomic E-state index is 2.60. The molecule has 0 heterocycles. The Morgan fingerprint density at radius 1 is 0.750 bits per heavy atom. The van der Waals surface area contributed by atoms with Crippen molar-refractivity contribution < 1.29 is 17.7 Å². The number of rotatable bonds is 6. The molecule has 0 amide bonds. The Hall–Kier alpha value is -2.09. The van der Waals surface area contributed by atoms with Gasteiger partial charge in [0.2, 0.25) is 0 Å². The van der Waals surface area contributed by atoms with Crippen LogP contribution in [0, 0.1) is 0 Å². The summed E-state index contributed by atoms with van der Waals surface area (Å²) in [6.07, 6.45) is 6.40. The predicted octanol–water partition coefficient (Wildman–Crippen LogP) is 2.24. The highest BCUT2D eigenvalue weighted by atomic mass is 35.5. The molecule has 0 spiro atoms. The number of halogens is 1. The second-order valence-electron chi connectivity index (χ2n) is 7.74. The Morgan fingerprint density at radius 2 is 1.36 bits per heavy atom. The lowest BCUT2D eigenvalue weighted by Gasteiger charge is -2.20. The summed E-state index contributed by atoms with van der Waals surface area (Å²) >= 11 is 0. The minimum Gasteiger partial charge on any atom is -1.00 e. The second kappa shape index (κ2) is 10.5. The average molecular weight is 392 g/mol. The minimum absolute atomic E-state index is 0. The minimum atomic E-state index is 0. The molecule has 0 bridgehead atoms. The first-order valence-electron chi connectivity index (χ1n) is 10.4. The molecule has 1 nitrogen and oxygen atoms in total. The highest BCUT2D eigenvalue weighted by Gasteiger charge is 2.22. The lowest BCUT2D eigenvalue weighted by atomic mass is 9.88. The number of aryl methyl sites for hydroxylation is 1. The predicted molar refractivity (Wildman–Crippen MR) is 113 cm³/mol. The molecule has 146 valence electrons. The van der Waals surface area contributed by atoms with E-state index in [0.29, 0.717) is 12.0 Å². The van der Waals surface area contributed by atoms with E-state index >= 15 is 0 Å². The van der Waals surface area contributed by atoms with Crippen molar-refractivity contribution in [1.82, 2.24) is 0 Å². The Kier molecular flexibility index (Phi) is 7.71. The Morgan fingerprint density at radius 3 is 2.04 bits per heavy atom. The molecule has 0 radical (unpaired) electrons. The first kappa shape index (κ1) is 20.6. The summed E-state index contributed by atoms with van der Waals surface area (Å²) in [6, 6.07) is 31.7. The maximum Gasteiger partial charge on any atom is 0.112 e. The van der Waals surface area contributed by atoms with Crippen LogP contribution in [0.3, 0.4) is 0 Å². The fraction of sp³-hybridized carbons (Fsp3) is 0.308. The van der Waals surface area contributed by atoms with Crippen LogP contribution < -0.4 is 17.7 Å². The highest BCUT2D eigenvalue weighted by molar-refractivity contribution is 5.32. The maximum atomic E-state index is 2.60. The molecule has 0 aromatic heterocycles. The first-order chi connectivity index (χ1) is 13.4. The molecule has 3 aromatic carbocycles. The average Bonchev–Trinajstić information content (AvgIpc) is 2.95. The summed E-state index contributed by atoms with van der Waals surface area (Å²) in [6.45, 7) is 1.16. The van der Waals surface area contributed by atoms with Crippen LogP contribution in [-0.2, 0) is 6.42 Å². The van der Waals surface area contributed by atoms with E-state index in [9.17, 15) is 0 Å². The van der Waals surface area contributed by atoms with E-state index in [-0.39, 0.29) is 12.4 Å². The molecular formula is C26H30ClN. The van der Waals surface area contributed by atoms with Gasteiger partial charge in [-0.2, -0.15) is 0 Å². The summed E-state index contributed by atoms with van der Waals surface area (Å²) in [5.41, 5.74) is 6.00. The van der Waals surface area contributed by atoms with Crippen molar-refractivity contribution in [3.8, 4) is 0 Å². The molecule has 2 heteroatoms. The molecule has 2 N–H and O–H groups in total. The van der Waals surface area contributed by atoms with Gasteiger partial charge in [0.25, 0.3) is 0 Å². The fourth-order valence-electron chi connectivity index (χ4n) is 4.56. The lowest BCUT2D eigenvalue weighted by molar-refractivity contribution is -0.697. The molecule has 28 heavy (non-hydrogen) atoms. The van der Waals surface area contributed by atoms with Crippen LogP contribution in [0.25, 0.3) is 0 Å². The Bertz CT molecular complexity index is 792. The molecule has 0 aliphatic heterocycles. The Labute approximate surface area is 175 Å². The molecule has 3 aromatic rings. The van der Waals surface area contributed by atoms with Crippen LogP contribution in [0.2, 0.25) is 0 Å². The van der Waals surface area contributed by atoms with E-state index in [1.54, 1.807) is 11.1 Å². The zero-order valence-electron chi connectivity index (χ0n) is 16.4. The highest BCUT2D eigenvalue weighted by Crippen LogP contribution is 2.28. The van der Waals surface area contributed by atoms with E-state index in [1.807, 2.05) is 0 Å². The van der Waals surface area contributed by atoms with Gasteiger partial charge in [-0.05, 0) is 36.0 Å². The third-order valence-corrected chi connectivity index (χ3v) is 5.98. The van der Waals surface area contributed by atoms with Crippen LogP contribution in [0.4, 0.5) is 0 Å². The largest absolute Gasteiger partial charge is 1.00 e. The quantitative estimate of drug-likeness (QED) is 0.621. The van der Waals surface area contributed by atoms with Crippen LogP contribution in [0.1, 0.15) is 59.9 Å². The number of nitrogens with two attached hydrogens (primary N) is 1. The lowest BCUT2D eigenvalue weighted by Crippen LogP contribution is -3.00. The van der Waals surface area contributed by atoms with Crippen molar-refractivity contribution in [1.29, 1.82) is 0 Å². The van der Waals surface area contributed by atoms with Crippen LogP contribution >= 0.6 is 0 Å². The van der Waals surface area contributed by atoms with Gasteiger partial charge in [-0.15, -0.1) is 0 Å². The first-order valence-corrected chi connectivity index (χ1v) is 10.4. The molecule has 0 saturated carbocycles. The van der Waals surface area contributed by atoms with E-state index in [0.717, 1.165) is 6.54 Å². The number of benzene rings is 3. The molecule has 1 aliphatic carbocycles. The van der Waals surface area contributed by atoms with Crippen molar-refractivity contribution >= 4 is 0 Å². The number of fused-ring (bicyclic) bond motifs is 1. The van der Waals surface area contributed by atoms with Gasteiger partial charge in [0.1, 0.15) is 6.04 Å². The molecule has 0 fully saturated rings. The van der Waals surface area contributed by atoms with Gasteiger partial charge in [-0.1, -0.05) is 84.9 Å². The van der Waals surface area contributed by atoms with Gasteiger partial charge in [0, 0.05) is 24.3 Å². The van der Waals surface area contributed by atoms with E-state index in [1.165, 1.54) is 43.2 Å². The van der Waals surface area contributed by atoms with Crippen molar-refractivity contribution in [3.05, 3.63) is 107 Å². The van der Waals surface area contributed by atoms with Crippen molar-refractivity contribution in [2.75, 3.05) is 6.54 Å². The molecule has 4 rings (SSSR count). The van der Waals surface area contributed by atoms with Crippen molar-refractivity contribution in [2.24, 2.45) is 0 Å². The standard InChI is InChI=1S/C26H29N.ClH/c1-3-11-21(12-4-1)24(22-13-5-2-6-14-22)19-20-27-26-18-10-8-16-23-15-7-9-17-25(23)26;/h1-7,9,11-15,17,24,26-27H,8,10,16,18-20H2;1H. The van der Waals surface area contributed by atoms with Gasteiger partial charge >= 0.3 is 0 Å². The summed E-state index contributed by atoms with van der Waals surface area (Å²) in [5, 5.41) is 2.60. The smallest absolute Gasteiger partial charge is 0.112 e. The summed E-state index contributed by atoms with van der Waals surface area (Å²) in [4.78, 5) is 0. The van der Waals surface area contributed by atoms with E-state index in [2.05, 4.69) is 90.2 Å². The zero-order chi connectivity index (χ0) is 18.3. The third kappa shape index (κ3) is 5.04. The van der Waals surface area contributed by atoms with Gasteiger partial charge in [0.05, 0.1) is 6.54 Å². The number of quaternary nitrogens is 1. The summed E-state index contributed by atoms with van der Waals surface area (Å²) in [7, 11) is 0. The van der Waals surface area contributed by atoms with E-state index in [4.69, 9.17) is 0 Å². The number of hydrogen-bond acceptors (Lipinski definition) is 0. The van der Waals surface area contributed by atoms with Crippen LogP contribution in [0.5, 0.6) is 0 Å². The zero-order valence-corrected chi connectivity index (χ0v) is 17.2. The molecule has 0 saturated heterocycles. The fourth-order valence-corrected chi connectivity index (χ4v) is 4.56. The second-order valence-corrected chi connectivity index (χ2v) is 7.74. The topological polar surface area (TPSA) is 16.6 Å². The normalized spacial score (nSPS) is 16.1. The van der Waals surface area contributed by atoms with Crippen LogP contribution in [0.15, 0.2) is 84.9 Å². The summed E-state index contributed by atoms with van der Waals surface area (Å²) < 4.78 is 0. The molecule has 1 aliphatic rings. The van der Waals surface area contributed by atoms with Gasteiger partial charge in [0.15, 0.2) is 0 Å². The number of hydrogen-bond donors (Lipinski definition) is 1. The molecule has 1 atom stereocenters. The molecule has 1 unspecified atom stereocenters. The monoisotopic (exact) mass is 391 g/mol. The van der Waals surface area contributed by atoms with Gasteiger partial charge in [-0.25, -0.2) is 0 Å². The van der Waals surface area contributed by atoms with Crippen molar-refractivity contribution in [2.45, 2.75) is 44.1 Å². The Balaban J connectivity index is 0.00000225. The van der Waals surface area contributed by atoms with E-state index < -0.39 is 0 Å². The van der Waals surface area contributed by atoms with Crippen molar-refractivity contribution in [3.63, 3.8) is 0 Å². The van der Waals surface area contributed by atoms with Crippen LogP contribution in [-0.4, -0.2) is 6.54 Å². The third-order valence-electron chi connectivity index (χ3n) is 5.98.